The van der Waals surface area contributed by atoms with Crippen molar-refractivity contribution in [3.8, 4) is 0 Å². The Kier molecular flexibility index (Phi) is 6.71. The summed E-state index contributed by atoms with van der Waals surface area (Å²) < 4.78 is 0. The lowest BCUT2D eigenvalue weighted by Crippen LogP contribution is -2.45. The van der Waals surface area contributed by atoms with Crippen LogP contribution >= 0.6 is 11.3 Å². The number of carbonyl (C=O) groups is 3. The predicted molar refractivity (Wildman–Crippen MR) is 98.9 cm³/mol. The molecule has 0 aliphatic carbocycles. The number of nitrogens with one attached hydrogen (secondary N) is 3. The van der Waals surface area contributed by atoms with E-state index < -0.39 is 6.04 Å². The van der Waals surface area contributed by atoms with Crippen LogP contribution in [0.3, 0.4) is 0 Å². The van der Waals surface area contributed by atoms with Crippen molar-refractivity contribution >= 4 is 34.7 Å². The number of benzene rings is 1. The fourth-order valence-electron chi connectivity index (χ4n) is 2.09. The maximum atomic E-state index is 12.3. The predicted octanol–water partition coefficient (Wildman–Crippen LogP) is 2.64. The standard InChI is InChI=1S/C18H21N3O3S/c1-3-9-19-16(22)12(2)20-17(23)13-6-4-7-14(11-13)21-18(24)15-8-5-10-25-15/h4-8,10-12H,3,9H2,1-2H3,(H,19,22)(H,20,23)(H,21,24). The van der Waals surface area contributed by atoms with E-state index in [0.717, 1.165) is 6.42 Å². The molecule has 2 aromatic rings. The van der Waals surface area contributed by atoms with Crippen molar-refractivity contribution in [3.05, 3.63) is 52.2 Å². The van der Waals surface area contributed by atoms with Crippen LogP contribution in [0.15, 0.2) is 41.8 Å². The third-order valence-electron chi connectivity index (χ3n) is 3.42. The Balaban J connectivity index is 1.99. The average Bonchev–Trinajstić information content (AvgIpc) is 3.14. The highest BCUT2D eigenvalue weighted by atomic mass is 32.1. The van der Waals surface area contributed by atoms with E-state index in [1.54, 1.807) is 43.3 Å². The monoisotopic (exact) mass is 359 g/mol. The summed E-state index contributed by atoms with van der Waals surface area (Å²) in [4.78, 5) is 36.8. The van der Waals surface area contributed by atoms with Gasteiger partial charge < -0.3 is 16.0 Å². The molecule has 0 aliphatic rings. The second-order valence-corrected chi connectivity index (χ2v) is 6.45. The van der Waals surface area contributed by atoms with Crippen molar-refractivity contribution in [2.75, 3.05) is 11.9 Å². The van der Waals surface area contributed by atoms with Gasteiger partial charge in [-0.25, -0.2) is 0 Å². The largest absolute Gasteiger partial charge is 0.354 e. The van der Waals surface area contributed by atoms with Gasteiger partial charge in [-0.15, -0.1) is 11.3 Å². The lowest BCUT2D eigenvalue weighted by atomic mass is 10.1. The van der Waals surface area contributed by atoms with E-state index in [-0.39, 0.29) is 17.7 Å². The first-order chi connectivity index (χ1) is 12.0. The Morgan fingerprint density at radius 3 is 2.60 bits per heavy atom. The number of rotatable bonds is 7. The molecule has 1 unspecified atom stereocenters. The molecule has 0 aliphatic heterocycles. The summed E-state index contributed by atoms with van der Waals surface area (Å²) >= 11 is 1.34. The highest BCUT2D eigenvalue weighted by molar-refractivity contribution is 7.12. The average molecular weight is 359 g/mol. The van der Waals surface area contributed by atoms with Gasteiger partial charge >= 0.3 is 0 Å². The normalized spacial score (nSPS) is 11.4. The second-order valence-electron chi connectivity index (χ2n) is 5.50. The van der Waals surface area contributed by atoms with E-state index in [9.17, 15) is 14.4 Å². The molecule has 1 aromatic heterocycles. The molecule has 0 spiro atoms. The lowest BCUT2D eigenvalue weighted by Gasteiger charge is -2.14. The van der Waals surface area contributed by atoms with Crippen molar-refractivity contribution in [2.45, 2.75) is 26.3 Å². The number of thiophene rings is 1. The molecule has 0 fully saturated rings. The summed E-state index contributed by atoms with van der Waals surface area (Å²) in [6.45, 7) is 4.16. The van der Waals surface area contributed by atoms with Gasteiger partial charge in [0.1, 0.15) is 6.04 Å². The summed E-state index contributed by atoms with van der Waals surface area (Å²) in [6, 6.07) is 9.50. The van der Waals surface area contributed by atoms with Gasteiger partial charge in [-0.05, 0) is 43.0 Å². The van der Waals surface area contributed by atoms with Crippen LogP contribution in [0.1, 0.15) is 40.3 Å². The molecule has 2 rings (SSSR count). The van der Waals surface area contributed by atoms with Crippen LogP contribution < -0.4 is 16.0 Å². The van der Waals surface area contributed by atoms with Gasteiger partial charge in [-0.1, -0.05) is 19.1 Å². The van der Waals surface area contributed by atoms with Gasteiger partial charge in [0.15, 0.2) is 0 Å². The second kappa shape index (κ2) is 8.98. The van der Waals surface area contributed by atoms with Crippen LogP contribution in [0, 0.1) is 0 Å². The molecule has 0 radical (unpaired) electrons. The van der Waals surface area contributed by atoms with Crippen LogP contribution in [0.25, 0.3) is 0 Å². The minimum atomic E-state index is -0.636. The molecular formula is C18H21N3O3S. The van der Waals surface area contributed by atoms with Crippen LogP contribution in [-0.2, 0) is 4.79 Å². The van der Waals surface area contributed by atoms with Gasteiger partial charge in [0, 0.05) is 17.8 Å². The molecule has 0 bridgehead atoms. The zero-order valence-corrected chi connectivity index (χ0v) is 15.0. The summed E-state index contributed by atoms with van der Waals surface area (Å²) in [5.74, 6) is -0.816. The first-order valence-electron chi connectivity index (χ1n) is 8.04. The molecule has 0 saturated heterocycles. The van der Waals surface area contributed by atoms with E-state index in [0.29, 0.717) is 22.7 Å². The fourth-order valence-corrected chi connectivity index (χ4v) is 2.70. The zero-order valence-electron chi connectivity index (χ0n) is 14.2. The number of hydrogen-bond acceptors (Lipinski definition) is 4. The topological polar surface area (TPSA) is 87.3 Å². The van der Waals surface area contributed by atoms with E-state index >= 15 is 0 Å². The Morgan fingerprint density at radius 2 is 1.92 bits per heavy atom. The van der Waals surface area contributed by atoms with Gasteiger partial charge in [0.05, 0.1) is 4.88 Å². The van der Waals surface area contributed by atoms with Crippen molar-refractivity contribution in [1.29, 1.82) is 0 Å². The van der Waals surface area contributed by atoms with Crippen molar-refractivity contribution in [2.24, 2.45) is 0 Å². The van der Waals surface area contributed by atoms with Gasteiger partial charge in [0.2, 0.25) is 5.91 Å². The van der Waals surface area contributed by atoms with Crippen molar-refractivity contribution in [3.63, 3.8) is 0 Å². The van der Waals surface area contributed by atoms with Crippen LogP contribution in [0.5, 0.6) is 0 Å². The SMILES string of the molecule is CCCNC(=O)C(C)NC(=O)c1cccc(NC(=O)c2cccs2)c1. The maximum Gasteiger partial charge on any atom is 0.265 e. The summed E-state index contributed by atoms with van der Waals surface area (Å²) in [6.07, 6.45) is 0.832. The Morgan fingerprint density at radius 1 is 1.12 bits per heavy atom. The lowest BCUT2D eigenvalue weighted by molar-refractivity contribution is -0.122. The van der Waals surface area contributed by atoms with E-state index in [4.69, 9.17) is 0 Å². The minimum absolute atomic E-state index is 0.222. The first-order valence-corrected chi connectivity index (χ1v) is 8.92. The van der Waals surface area contributed by atoms with Crippen molar-refractivity contribution < 1.29 is 14.4 Å². The number of anilines is 1. The molecule has 132 valence electrons. The molecule has 3 N–H and O–H groups in total. The molecular weight excluding hydrogens is 338 g/mol. The van der Waals surface area contributed by atoms with Gasteiger partial charge in [0.25, 0.3) is 11.8 Å². The van der Waals surface area contributed by atoms with Crippen molar-refractivity contribution in [1.82, 2.24) is 10.6 Å². The highest BCUT2D eigenvalue weighted by Gasteiger charge is 2.16. The molecule has 6 nitrogen and oxygen atoms in total. The quantitative estimate of drug-likeness (QED) is 0.710. The molecule has 25 heavy (non-hydrogen) atoms. The Labute approximate surface area is 150 Å². The molecule has 3 amide bonds. The third kappa shape index (κ3) is 5.42. The number of amides is 3. The van der Waals surface area contributed by atoms with E-state index in [1.807, 2.05) is 12.3 Å². The number of carbonyl (C=O) groups excluding carboxylic acids is 3. The fraction of sp³-hybridized carbons (Fsp3) is 0.278. The van der Waals surface area contributed by atoms with Crippen LogP contribution in [-0.4, -0.2) is 30.3 Å². The Hall–Kier alpha value is -2.67. The Bertz CT molecular complexity index is 744. The summed E-state index contributed by atoms with van der Waals surface area (Å²) in [5.41, 5.74) is 0.897. The molecule has 0 saturated carbocycles. The first kappa shape index (κ1) is 18.7. The molecule has 1 atom stereocenters. The molecule has 1 aromatic carbocycles. The maximum absolute atomic E-state index is 12.3. The smallest absolute Gasteiger partial charge is 0.265 e. The van der Waals surface area contributed by atoms with Crippen LogP contribution in [0.2, 0.25) is 0 Å². The minimum Gasteiger partial charge on any atom is -0.354 e. The van der Waals surface area contributed by atoms with Crippen LogP contribution in [0.4, 0.5) is 5.69 Å². The third-order valence-corrected chi connectivity index (χ3v) is 4.29. The van der Waals surface area contributed by atoms with E-state index in [2.05, 4.69) is 16.0 Å². The summed E-state index contributed by atoms with van der Waals surface area (Å²) in [5, 5.41) is 9.96. The van der Waals surface area contributed by atoms with Gasteiger partial charge in [-0.3, -0.25) is 14.4 Å². The molecule has 7 heteroatoms. The van der Waals surface area contributed by atoms with E-state index in [1.165, 1.54) is 11.3 Å². The van der Waals surface area contributed by atoms with Gasteiger partial charge in [-0.2, -0.15) is 0 Å². The highest BCUT2D eigenvalue weighted by Crippen LogP contribution is 2.15. The summed E-state index contributed by atoms with van der Waals surface area (Å²) in [7, 11) is 0. The molecule has 1 heterocycles. The zero-order chi connectivity index (χ0) is 18.2. The number of hydrogen-bond donors (Lipinski definition) is 3.